The number of anilines is 1. The number of nitrogens with zero attached hydrogens (tertiary/aromatic N) is 2. The summed E-state index contributed by atoms with van der Waals surface area (Å²) in [5.41, 5.74) is 1.70. The maximum absolute atomic E-state index is 12.3. The Morgan fingerprint density at radius 2 is 1.89 bits per heavy atom. The topological polar surface area (TPSA) is 89.1 Å². The van der Waals surface area contributed by atoms with Crippen molar-refractivity contribution in [3.63, 3.8) is 0 Å². The summed E-state index contributed by atoms with van der Waals surface area (Å²) in [7, 11) is 0. The van der Waals surface area contributed by atoms with Gasteiger partial charge in [-0.3, -0.25) is 9.89 Å². The number of H-pyrrole nitrogens is 1. The first-order valence-corrected chi connectivity index (χ1v) is 8.87. The largest absolute Gasteiger partial charge is 0.486 e. The summed E-state index contributed by atoms with van der Waals surface area (Å²) in [6.07, 6.45) is 0.666. The van der Waals surface area contributed by atoms with Gasteiger partial charge < -0.3 is 14.8 Å². The van der Waals surface area contributed by atoms with Crippen LogP contribution in [0.5, 0.6) is 11.5 Å². The number of aromatic amines is 1. The lowest BCUT2D eigenvalue weighted by atomic mass is 10.1. The van der Waals surface area contributed by atoms with Crippen LogP contribution in [-0.2, 0) is 17.6 Å². The molecule has 2 aromatic carbocycles. The van der Waals surface area contributed by atoms with Crippen LogP contribution in [0.1, 0.15) is 17.2 Å². The van der Waals surface area contributed by atoms with Gasteiger partial charge in [0.15, 0.2) is 17.3 Å². The minimum Gasteiger partial charge on any atom is -0.486 e. The zero-order chi connectivity index (χ0) is 18.6. The van der Waals surface area contributed by atoms with E-state index in [0.29, 0.717) is 53.5 Å². The lowest BCUT2D eigenvalue weighted by Crippen LogP contribution is -2.17. The lowest BCUT2D eigenvalue weighted by Gasteiger charge is -2.18. The fraction of sp³-hybridized carbons (Fsp3) is 0.211. The summed E-state index contributed by atoms with van der Waals surface area (Å²) in [5.74, 6) is 2.24. The lowest BCUT2D eigenvalue weighted by molar-refractivity contribution is -0.115. The predicted molar refractivity (Wildman–Crippen MR) is 100 cm³/mol. The number of hydrogen-bond acceptors (Lipinski definition) is 5. The maximum atomic E-state index is 12.3. The van der Waals surface area contributed by atoms with Crippen LogP contribution < -0.4 is 14.8 Å². The normalized spacial score (nSPS) is 12.6. The molecule has 0 radical (unpaired) electrons. The number of rotatable bonds is 5. The molecule has 138 valence electrons. The second kappa shape index (κ2) is 7.67. The number of hydrogen-bond donors (Lipinski definition) is 2. The van der Waals surface area contributed by atoms with E-state index >= 15 is 0 Å². The van der Waals surface area contributed by atoms with E-state index < -0.39 is 0 Å². The molecule has 2 heterocycles. The molecule has 1 aliphatic heterocycles. The minimum atomic E-state index is -0.205. The van der Waals surface area contributed by atoms with Crippen molar-refractivity contribution in [2.45, 2.75) is 12.8 Å². The van der Waals surface area contributed by atoms with Crippen LogP contribution in [0.25, 0.3) is 0 Å². The van der Waals surface area contributed by atoms with Crippen molar-refractivity contribution in [2.24, 2.45) is 0 Å². The van der Waals surface area contributed by atoms with Crippen LogP contribution in [-0.4, -0.2) is 34.3 Å². The number of amides is 1. The van der Waals surface area contributed by atoms with E-state index in [-0.39, 0.29) is 12.3 Å². The number of ether oxygens (including phenoxy) is 2. The van der Waals surface area contributed by atoms with Crippen LogP contribution in [0.3, 0.4) is 0 Å². The summed E-state index contributed by atoms with van der Waals surface area (Å²) >= 11 is 5.89. The van der Waals surface area contributed by atoms with Gasteiger partial charge in [-0.2, -0.15) is 5.10 Å². The Labute approximate surface area is 160 Å². The number of carbonyl (C=O) groups is 1. The molecule has 4 rings (SSSR count). The Bertz CT molecular complexity index is 956. The first kappa shape index (κ1) is 17.4. The molecule has 0 aliphatic carbocycles. The van der Waals surface area contributed by atoms with Crippen LogP contribution in [0.4, 0.5) is 5.69 Å². The summed E-state index contributed by atoms with van der Waals surface area (Å²) in [4.78, 5) is 16.6. The van der Waals surface area contributed by atoms with Crippen LogP contribution in [0.2, 0.25) is 5.02 Å². The Hall–Kier alpha value is -3.06. The Morgan fingerprint density at radius 1 is 1.11 bits per heavy atom. The van der Waals surface area contributed by atoms with Gasteiger partial charge in [-0.25, -0.2) is 4.98 Å². The smallest absolute Gasteiger partial charge is 0.232 e. The fourth-order valence-corrected chi connectivity index (χ4v) is 2.88. The molecule has 2 N–H and O–H groups in total. The van der Waals surface area contributed by atoms with Gasteiger partial charge in [-0.15, -0.1) is 0 Å². The SMILES string of the molecule is O=C(Cc1n[nH]c(Cc2ccc(Cl)cc2)n1)Nc1ccc2c(c1)OCCO2. The van der Waals surface area contributed by atoms with Crippen molar-refractivity contribution in [2.75, 3.05) is 18.5 Å². The van der Waals surface area contributed by atoms with E-state index in [1.54, 1.807) is 18.2 Å². The van der Waals surface area contributed by atoms with Gasteiger partial charge in [0.25, 0.3) is 0 Å². The van der Waals surface area contributed by atoms with Crippen LogP contribution in [0.15, 0.2) is 42.5 Å². The molecule has 0 fully saturated rings. The number of fused-ring (bicyclic) bond motifs is 1. The summed E-state index contributed by atoms with van der Waals surface area (Å²) in [6.45, 7) is 1.03. The number of aromatic nitrogens is 3. The molecule has 0 unspecified atom stereocenters. The number of benzene rings is 2. The molecule has 1 aromatic heterocycles. The van der Waals surface area contributed by atoms with E-state index in [0.717, 1.165) is 5.56 Å². The highest BCUT2D eigenvalue weighted by atomic mass is 35.5. The fourth-order valence-electron chi connectivity index (χ4n) is 2.76. The van der Waals surface area contributed by atoms with Gasteiger partial charge >= 0.3 is 0 Å². The molecule has 1 aliphatic rings. The molecule has 0 saturated heterocycles. The minimum absolute atomic E-state index is 0.0750. The second-order valence-corrected chi connectivity index (χ2v) is 6.52. The van der Waals surface area contributed by atoms with Crippen molar-refractivity contribution in [3.05, 3.63) is 64.7 Å². The number of nitrogens with one attached hydrogen (secondary N) is 2. The summed E-state index contributed by atoms with van der Waals surface area (Å²) < 4.78 is 11.0. The Kier molecular flexibility index (Phi) is 4.93. The van der Waals surface area contributed by atoms with Gasteiger partial charge in [0.1, 0.15) is 19.0 Å². The highest BCUT2D eigenvalue weighted by Crippen LogP contribution is 2.32. The monoisotopic (exact) mass is 384 g/mol. The number of carbonyl (C=O) groups excluding carboxylic acids is 1. The van der Waals surface area contributed by atoms with Crippen LogP contribution in [0, 0.1) is 0 Å². The summed E-state index contributed by atoms with van der Waals surface area (Å²) in [5, 5.41) is 10.5. The average Bonchev–Trinajstić information content (AvgIpc) is 3.10. The molecule has 0 saturated carbocycles. The van der Waals surface area contributed by atoms with Gasteiger partial charge in [0.05, 0.1) is 6.42 Å². The van der Waals surface area contributed by atoms with Gasteiger partial charge in [0, 0.05) is 23.2 Å². The van der Waals surface area contributed by atoms with Crippen molar-refractivity contribution >= 4 is 23.2 Å². The Balaban J connectivity index is 1.36. The second-order valence-electron chi connectivity index (χ2n) is 6.08. The molecular weight excluding hydrogens is 368 g/mol. The molecule has 1 amide bonds. The van der Waals surface area contributed by atoms with Crippen LogP contribution >= 0.6 is 11.6 Å². The van der Waals surface area contributed by atoms with E-state index in [4.69, 9.17) is 21.1 Å². The van der Waals surface area contributed by atoms with Gasteiger partial charge in [-0.05, 0) is 29.8 Å². The molecule has 8 heteroatoms. The Morgan fingerprint density at radius 3 is 2.70 bits per heavy atom. The van der Waals surface area contributed by atoms with Crippen molar-refractivity contribution in [1.29, 1.82) is 0 Å². The van der Waals surface area contributed by atoms with Gasteiger partial charge in [-0.1, -0.05) is 23.7 Å². The van der Waals surface area contributed by atoms with Crippen molar-refractivity contribution in [3.8, 4) is 11.5 Å². The van der Waals surface area contributed by atoms with E-state index in [2.05, 4.69) is 20.5 Å². The quantitative estimate of drug-likeness (QED) is 0.705. The first-order valence-electron chi connectivity index (χ1n) is 8.50. The highest BCUT2D eigenvalue weighted by Gasteiger charge is 2.14. The molecule has 0 spiro atoms. The van der Waals surface area contributed by atoms with E-state index in [9.17, 15) is 4.79 Å². The predicted octanol–water partition coefficient (Wildman–Crippen LogP) is 3.00. The molecule has 7 nitrogen and oxygen atoms in total. The molecule has 27 heavy (non-hydrogen) atoms. The third-order valence-corrected chi connectivity index (χ3v) is 4.26. The zero-order valence-electron chi connectivity index (χ0n) is 14.4. The van der Waals surface area contributed by atoms with Crippen molar-refractivity contribution < 1.29 is 14.3 Å². The maximum Gasteiger partial charge on any atom is 0.232 e. The number of halogens is 1. The highest BCUT2D eigenvalue weighted by molar-refractivity contribution is 6.30. The van der Waals surface area contributed by atoms with Crippen molar-refractivity contribution in [1.82, 2.24) is 15.2 Å². The molecular formula is C19H17ClN4O3. The van der Waals surface area contributed by atoms with E-state index in [1.807, 2.05) is 24.3 Å². The standard InChI is InChI=1S/C19H17ClN4O3/c20-13-3-1-12(2-4-13)9-17-22-18(24-23-17)11-19(25)21-14-5-6-15-16(10-14)27-8-7-26-15/h1-6,10H,7-9,11H2,(H,21,25)(H,22,23,24). The molecule has 0 bridgehead atoms. The molecule has 3 aromatic rings. The van der Waals surface area contributed by atoms with Gasteiger partial charge in [0.2, 0.25) is 5.91 Å². The summed E-state index contributed by atoms with van der Waals surface area (Å²) in [6, 6.07) is 12.8. The van der Waals surface area contributed by atoms with E-state index in [1.165, 1.54) is 0 Å². The average molecular weight is 385 g/mol. The zero-order valence-corrected chi connectivity index (χ0v) is 15.1. The first-order chi connectivity index (χ1) is 13.2. The molecule has 0 atom stereocenters. The third-order valence-electron chi connectivity index (χ3n) is 4.01. The third kappa shape index (κ3) is 4.38.